The van der Waals surface area contributed by atoms with E-state index in [0.29, 0.717) is 17.9 Å². The molecule has 140 valence electrons. The van der Waals surface area contributed by atoms with Gasteiger partial charge in [0.15, 0.2) is 0 Å². The summed E-state index contributed by atoms with van der Waals surface area (Å²) < 4.78 is 40.6. The number of rotatable bonds is 8. The Morgan fingerprint density at radius 3 is 2.31 bits per heavy atom. The average molecular weight is 397 g/mol. The second-order valence-corrected chi connectivity index (χ2v) is 8.46. The zero-order valence-electron chi connectivity index (χ0n) is 14.5. The molecule has 0 saturated carbocycles. The number of thioether (sulfide) groups is 1. The number of halogens is 1. The van der Waals surface area contributed by atoms with Crippen LogP contribution < -0.4 is 10.0 Å². The van der Waals surface area contributed by atoms with Gasteiger partial charge in [0.05, 0.1) is 4.90 Å². The van der Waals surface area contributed by atoms with Gasteiger partial charge in [-0.25, -0.2) is 12.8 Å². The van der Waals surface area contributed by atoms with Crippen LogP contribution in [0.2, 0.25) is 0 Å². The quantitative estimate of drug-likeness (QED) is 0.719. The molecule has 0 spiro atoms. The second-order valence-electron chi connectivity index (χ2n) is 5.76. The van der Waals surface area contributed by atoms with Gasteiger partial charge in [0.2, 0.25) is 15.9 Å². The molecule has 0 aromatic heterocycles. The molecule has 0 fully saturated rings. The summed E-state index contributed by atoms with van der Waals surface area (Å²) >= 11 is 1.51. The standard InChI is InChI=1S/C18H21FN2O3S2/c1-13-3-9-16(10-4-13)26(23,24)21-17(11-12-25-2)18(22)20-15-7-5-14(19)6-8-15/h3-10,17,21H,11-12H2,1-2H3,(H,20,22). The van der Waals surface area contributed by atoms with Crippen molar-refractivity contribution in [2.24, 2.45) is 0 Å². The maximum absolute atomic E-state index is 13.0. The normalized spacial score (nSPS) is 12.6. The highest BCUT2D eigenvalue weighted by atomic mass is 32.2. The Kier molecular flexibility index (Phi) is 7.19. The van der Waals surface area contributed by atoms with Gasteiger partial charge < -0.3 is 5.32 Å². The Hall–Kier alpha value is -1.90. The molecule has 1 atom stereocenters. The number of carbonyl (C=O) groups is 1. The number of hydrogen-bond donors (Lipinski definition) is 2. The molecule has 1 amide bonds. The zero-order valence-corrected chi connectivity index (χ0v) is 16.2. The molecule has 8 heteroatoms. The van der Waals surface area contributed by atoms with Crippen molar-refractivity contribution < 1.29 is 17.6 Å². The summed E-state index contributed by atoms with van der Waals surface area (Å²) in [7, 11) is -3.83. The number of amides is 1. The lowest BCUT2D eigenvalue weighted by Crippen LogP contribution is -2.44. The van der Waals surface area contributed by atoms with Crippen LogP contribution in [0.4, 0.5) is 10.1 Å². The molecule has 0 bridgehead atoms. The summed E-state index contributed by atoms with van der Waals surface area (Å²) in [5.74, 6) is -0.291. The van der Waals surface area contributed by atoms with Gasteiger partial charge in [-0.1, -0.05) is 17.7 Å². The predicted molar refractivity (Wildman–Crippen MR) is 103 cm³/mol. The fourth-order valence-corrected chi connectivity index (χ4v) is 3.92. The van der Waals surface area contributed by atoms with Gasteiger partial charge >= 0.3 is 0 Å². The number of benzene rings is 2. The molecule has 2 rings (SSSR count). The molecule has 0 aliphatic heterocycles. The van der Waals surface area contributed by atoms with Crippen molar-refractivity contribution in [2.75, 3.05) is 17.3 Å². The summed E-state index contributed by atoms with van der Waals surface area (Å²) in [6, 6.07) is 10.8. The number of hydrogen-bond acceptors (Lipinski definition) is 4. The lowest BCUT2D eigenvalue weighted by atomic mass is 10.2. The maximum atomic E-state index is 13.0. The third kappa shape index (κ3) is 5.82. The minimum Gasteiger partial charge on any atom is -0.325 e. The number of nitrogens with one attached hydrogen (secondary N) is 2. The van der Waals surface area contributed by atoms with Gasteiger partial charge in [-0.05, 0) is 61.8 Å². The van der Waals surface area contributed by atoms with Crippen LogP contribution in [-0.4, -0.2) is 32.4 Å². The Balaban J connectivity index is 2.16. The highest BCUT2D eigenvalue weighted by Gasteiger charge is 2.25. The van der Waals surface area contributed by atoms with E-state index < -0.39 is 27.8 Å². The molecule has 0 heterocycles. The van der Waals surface area contributed by atoms with Crippen LogP contribution in [0.25, 0.3) is 0 Å². The predicted octanol–water partition coefficient (Wildman–Crippen LogP) is 3.17. The summed E-state index contributed by atoms with van der Waals surface area (Å²) in [4.78, 5) is 12.6. The van der Waals surface area contributed by atoms with Crippen LogP contribution in [-0.2, 0) is 14.8 Å². The SMILES string of the molecule is CSCCC(NS(=O)(=O)c1ccc(C)cc1)C(=O)Nc1ccc(F)cc1. The van der Waals surface area contributed by atoms with Gasteiger partial charge in [-0.3, -0.25) is 4.79 Å². The van der Waals surface area contributed by atoms with Crippen molar-refractivity contribution in [3.8, 4) is 0 Å². The van der Waals surface area contributed by atoms with E-state index in [4.69, 9.17) is 0 Å². The molecule has 1 unspecified atom stereocenters. The molecule has 0 radical (unpaired) electrons. The average Bonchev–Trinajstić information content (AvgIpc) is 2.61. The third-order valence-electron chi connectivity index (χ3n) is 3.67. The van der Waals surface area contributed by atoms with Crippen LogP contribution in [0.15, 0.2) is 53.4 Å². The molecule has 5 nitrogen and oxygen atoms in total. The van der Waals surface area contributed by atoms with E-state index in [1.165, 1.54) is 48.2 Å². The summed E-state index contributed by atoms with van der Waals surface area (Å²) in [6.07, 6.45) is 2.21. The van der Waals surface area contributed by atoms with Crippen LogP contribution in [0.3, 0.4) is 0 Å². The Bertz CT molecular complexity index is 838. The van der Waals surface area contributed by atoms with Gasteiger partial charge in [-0.2, -0.15) is 16.5 Å². The second kappa shape index (κ2) is 9.16. The molecular formula is C18H21FN2O3S2. The number of aryl methyl sites for hydroxylation is 1. The maximum Gasteiger partial charge on any atom is 0.242 e. The first-order valence-electron chi connectivity index (χ1n) is 7.96. The molecule has 2 aromatic rings. The van der Waals surface area contributed by atoms with Crippen molar-refractivity contribution in [2.45, 2.75) is 24.3 Å². The molecule has 0 saturated heterocycles. The first-order chi connectivity index (χ1) is 12.3. The Labute approximate surface area is 157 Å². The van der Waals surface area contributed by atoms with E-state index in [1.807, 2.05) is 13.2 Å². The topological polar surface area (TPSA) is 75.3 Å². The number of carbonyl (C=O) groups excluding carboxylic acids is 1. The zero-order chi connectivity index (χ0) is 19.2. The monoisotopic (exact) mass is 396 g/mol. The number of anilines is 1. The minimum absolute atomic E-state index is 0.104. The van der Waals surface area contributed by atoms with Crippen molar-refractivity contribution in [1.29, 1.82) is 0 Å². The smallest absolute Gasteiger partial charge is 0.242 e. The van der Waals surface area contributed by atoms with Crippen LogP contribution in [0.5, 0.6) is 0 Å². The van der Waals surface area contributed by atoms with E-state index >= 15 is 0 Å². The van der Waals surface area contributed by atoms with Crippen LogP contribution in [0.1, 0.15) is 12.0 Å². The van der Waals surface area contributed by atoms with Crippen molar-refractivity contribution in [3.63, 3.8) is 0 Å². The van der Waals surface area contributed by atoms with Gasteiger partial charge in [0.25, 0.3) is 0 Å². The summed E-state index contributed by atoms with van der Waals surface area (Å²) in [5.41, 5.74) is 1.34. The Morgan fingerprint density at radius 2 is 1.73 bits per heavy atom. The third-order valence-corrected chi connectivity index (χ3v) is 5.80. The molecule has 0 aliphatic carbocycles. The fourth-order valence-electron chi connectivity index (χ4n) is 2.21. The molecular weight excluding hydrogens is 375 g/mol. The van der Waals surface area contributed by atoms with E-state index in [1.54, 1.807) is 12.1 Å². The lowest BCUT2D eigenvalue weighted by Gasteiger charge is -2.18. The fraction of sp³-hybridized carbons (Fsp3) is 0.278. The lowest BCUT2D eigenvalue weighted by molar-refractivity contribution is -0.117. The van der Waals surface area contributed by atoms with Crippen LogP contribution >= 0.6 is 11.8 Å². The first-order valence-corrected chi connectivity index (χ1v) is 10.8. The highest BCUT2D eigenvalue weighted by molar-refractivity contribution is 7.98. The molecule has 2 aromatic carbocycles. The summed E-state index contributed by atoms with van der Waals surface area (Å²) in [6.45, 7) is 1.86. The van der Waals surface area contributed by atoms with Crippen molar-refractivity contribution in [3.05, 3.63) is 59.9 Å². The molecule has 26 heavy (non-hydrogen) atoms. The summed E-state index contributed by atoms with van der Waals surface area (Å²) in [5, 5.41) is 2.62. The Morgan fingerprint density at radius 1 is 1.12 bits per heavy atom. The van der Waals surface area contributed by atoms with Crippen molar-refractivity contribution in [1.82, 2.24) is 4.72 Å². The highest BCUT2D eigenvalue weighted by Crippen LogP contribution is 2.14. The van der Waals surface area contributed by atoms with Crippen LogP contribution in [0, 0.1) is 12.7 Å². The van der Waals surface area contributed by atoms with E-state index in [9.17, 15) is 17.6 Å². The van der Waals surface area contributed by atoms with E-state index in [-0.39, 0.29) is 4.90 Å². The van der Waals surface area contributed by atoms with Gasteiger partial charge in [-0.15, -0.1) is 0 Å². The van der Waals surface area contributed by atoms with Gasteiger partial charge in [0.1, 0.15) is 11.9 Å². The van der Waals surface area contributed by atoms with E-state index in [0.717, 1.165) is 5.56 Å². The number of sulfonamides is 1. The van der Waals surface area contributed by atoms with Crippen molar-refractivity contribution >= 4 is 33.4 Å². The largest absolute Gasteiger partial charge is 0.325 e. The molecule has 2 N–H and O–H groups in total. The molecule has 0 aliphatic rings. The van der Waals surface area contributed by atoms with Gasteiger partial charge in [0, 0.05) is 5.69 Å². The van der Waals surface area contributed by atoms with E-state index in [2.05, 4.69) is 10.0 Å². The first kappa shape index (κ1) is 20.4. The minimum atomic E-state index is -3.83.